The first-order valence-electron chi connectivity index (χ1n) is 4.59. The van der Waals surface area contributed by atoms with Crippen LogP contribution in [0, 0.1) is 0 Å². The third-order valence-electron chi connectivity index (χ3n) is 2.58. The topological polar surface area (TPSA) is 29.5 Å². The summed E-state index contributed by atoms with van der Waals surface area (Å²) in [6.45, 7) is 3.96. The van der Waals surface area contributed by atoms with Gasteiger partial charge in [0.2, 0.25) is 0 Å². The standard InChI is InChI=1S/C10H13BO2S/c1-10(2)8-6-7(14-3)4-5-9(8)11(12)13-10/h4-6,12H,1-3H3. The summed E-state index contributed by atoms with van der Waals surface area (Å²) in [4.78, 5) is 1.20. The maximum atomic E-state index is 9.65. The molecule has 0 fully saturated rings. The van der Waals surface area contributed by atoms with Gasteiger partial charge < -0.3 is 9.68 Å². The van der Waals surface area contributed by atoms with E-state index in [-0.39, 0.29) is 5.60 Å². The Bertz CT molecular complexity index is 365. The fraction of sp³-hybridized carbons (Fsp3) is 0.400. The molecule has 1 heterocycles. The van der Waals surface area contributed by atoms with Crippen LogP contribution in [0.25, 0.3) is 0 Å². The molecule has 4 heteroatoms. The van der Waals surface area contributed by atoms with E-state index in [4.69, 9.17) is 4.65 Å². The average Bonchev–Trinajstić information content (AvgIpc) is 2.37. The molecule has 0 bridgehead atoms. The number of fused-ring (bicyclic) bond motifs is 1. The van der Waals surface area contributed by atoms with Gasteiger partial charge in [-0.3, -0.25) is 0 Å². The molecule has 1 aliphatic heterocycles. The van der Waals surface area contributed by atoms with Crippen LogP contribution in [-0.2, 0) is 10.3 Å². The number of hydrogen-bond acceptors (Lipinski definition) is 3. The normalized spacial score (nSPS) is 18.4. The fourth-order valence-electron chi connectivity index (χ4n) is 1.81. The lowest BCUT2D eigenvalue weighted by atomic mass is 9.78. The molecule has 0 radical (unpaired) electrons. The third-order valence-corrected chi connectivity index (χ3v) is 3.31. The van der Waals surface area contributed by atoms with E-state index in [9.17, 15) is 5.02 Å². The van der Waals surface area contributed by atoms with E-state index in [0.29, 0.717) is 0 Å². The summed E-state index contributed by atoms with van der Waals surface area (Å²) in [5.74, 6) is 0. The zero-order valence-electron chi connectivity index (χ0n) is 8.57. The molecule has 0 unspecified atom stereocenters. The smallest absolute Gasteiger partial charge is 0.423 e. The molecule has 0 amide bonds. The predicted octanol–water partition coefficient (Wildman–Crippen LogP) is 1.36. The van der Waals surface area contributed by atoms with Gasteiger partial charge in [0.25, 0.3) is 0 Å². The largest absolute Gasteiger partial charge is 0.492 e. The van der Waals surface area contributed by atoms with Crippen LogP contribution in [0.5, 0.6) is 0 Å². The van der Waals surface area contributed by atoms with Gasteiger partial charge in [-0.1, -0.05) is 6.07 Å². The van der Waals surface area contributed by atoms with Crippen molar-refractivity contribution in [2.75, 3.05) is 6.26 Å². The van der Waals surface area contributed by atoms with Crippen molar-refractivity contribution >= 4 is 24.3 Å². The molecule has 0 atom stereocenters. The SMILES string of the molecule is CSc1ccc2c(c1)C(C)(C)OB2O. The second-order valence-corrected chi connectivity index (χ2v) is 4.81. The highest BCUT2D eigenvalue weighted by atomic mass is 32.2. The fourth-order valence-corrected chi connectivity index (χ4v) is 2.24. The van der Waals surface area contributed by atoms with Gasteiger partial charge in [0, 0.05) is 4.90 Å². The van der Waals surface area contributed by atoms with Crippen LogP contribution in [0.3, 0.4) is 0 Å². The Morgan fingerprint density at radius 1 is 1.43 bits per heavy atom. The molecule has 0 aliphatic carbocycles. The van der Waals surface area contributed by atoms with E-state index >= 15 is 0 Å². The van der Waals surface area contributed by atoms with Gasteiger partial charge in [-0.05, 0) is 43.3 Å². The van der Waals surface area contributed by atoms with Gasteiger partial charge in [-0.2, -0.15) is 0 Å². The number of thioether (sulfide) groups is 1. The van der Waals surface area contributed by atoms with E-state index in [0.717, 1.165) is 11.0 Å². The van der Waals surface area contributed by atoms with Crippen LogP contribution >= 0.6 is 11.8 Å². The lowest BCUT2D eigenvalue weighted by Gasteiger charge is -2.19. The predicted molar refractivity (Wildman–Crippen MR) is 59.9 cm³/mol. The molecule has 1 aromatic rings. The molecule has 0 spiro atoms. The molecular formula is C10H13BO2S. The van der Waals surface area contributed by atoms with Crippen LogP contribution in [0.2, 0.25) is 0 Å². The van der Waals surface area contributed by atoms with E-state index < -0.39 is 7.12 Å². The Morgan fingerprint density at radius 3 is 2.79 bits per heavy atom. The highest BCUT2D eigenvalue weighted by molar-refractivity contribution is 7.98. The Balaban J connectivity index is 2.53. The van der Waals surface area contributed by atoms with Crippen molar-refractivity contribution in [3.8, 4) is 0 Å². The molecule has 0 aromatic heterocycles. The van der Waals surface area contributed by atoms with Crippen LogP contribution in [0.4, 0.5) is 0 Å². The summed E-state index contributed by atoms with van der Waals surface area (Å²) in [7, 11) is -0.768. The molecule has 1 N–H and O–H groups in total. The summed E-state index contributed by atoms with van der Waals surface area (Å²) >= 11 is 1.70. The van der Waals surface area contributed by atoms with Gasteiger partial charge in [0.1, 0.15) is 0 Å². The molecule has 14 heavy (non-hydrogen) atoms. The van der Waals surface area contributed by atoms with Crippen molar-refractivity contribution in [1.29, 1.82) is 0 Å². The third kappa shape index (κ3) is 1.47. The van der Waals surface area contributed by atoms with Crippen molar-refractivity contribution < 1.29 is 9.68 Å². The summed E-state index contributed by atoms with van der Waals surface area (Å²) in [5.41, 5.74) is 1.62. The van der Waals surface area contributed by atoms with Crippen molar-refractivity contribution in [2.24, 2.45) is 0 Å². The van der Waals surface area contributed by atoms with Crippen LogP contribution in [-0.4, -0.2) is 18.4 Å². The Kier molecular flexibility index (Phi) is 2.37. The molecule has 2 rings (SSSR count). The lowest BCUT2D eigenvalue weighted by Crippen LogP contribution is -2.28. The van der Waals surface area contributed by atoms with Crippen molar-refractivity contribution in [3.63, 3.8) is 0 Å². The number of hydrogen-bond donors (Lipinski definition) is 1. The monoisotopic (exact) mass is 208 g/mol. The minimum Gasteiger partial charge on any atom is -0.423 e. The van der Waals surface area contributed by atoms with E-state index in [1.54, 1.807) is 11.8 Å². The molecule has 1 aliphatic rings. The highest BCUT2D eigenvalue weighted by Gasteiger charge is 2.40. The first kappa shape index (κ1) is 10.1. The maximum absolute atomic E-state index is 9.65. The Morgan fingerprint density at radius 2 is 2.14 bits per heavy atom. The first-order chi connectivity index (χ1) is 6.54. The van der Waals surface area contributed by atoms with Crippen LogP contribution in [0.1, 0.15) is 19.4 Å². The van der Waals surface area contributed by atoms with E-state index in [2.05, 4.69) is 6.07 Å². The second kappa shape index (κ2) is 3.30. The summed E-state index contributed by atoms with van der Waals surface area (Å²) in [6.07, 6.45) is 2.04. The van der Waals surface area contributed by atoms with Gasteiger partial charge in [0.15, 0.2) is 0 Å². The lowest BCUT2D eigenvalue weighted by molar-refractivity contribution is 0.101. The highest BCUT2D eigenvalue weighted by Crippen LogP contribution is 2.31. The summed E-state index contributed by atoms with van der Waals surface area (Å²) in [6, 6.07) is 6.05. The summed E-state index contributed by atoms with van der Waals surface area (Å²) < 4.78 is 5.46. The quantitative estimate of drug-likeness (QED) is 0.558. The average molecular weight is 208 g/mol. The second-order valence-electron chi connectivity index (χ2n) is 3.93. The molecule has 74 valence electrons. The Hall–Kier alpha value is -0.445. The van der Waals surface area contributed by atoms with Gasteiger partial charge >= 0.3 is 7.12 Å². The summed E-state index contributed by atoms with van der Waals surface area (Å²) in [5, 5.41) is 9.65. The van der Waals surface area contributed by atoms with E-state index in [1.807, 2.05) is 32.2 Å². The van der Waals surface area contributed by atoms with Crippen LogP contribution in [0.15, 0.2) is 23.1 Å². The minimum atomic E-state index is -0.768. The maximum Gasteiger partial charge on any atom is 0.492 e. The molecule has 2 nitrogen and oxygen atoms in total. The minimum absolute atomic E-state index is 0.375. The van der Waals surface area contributed by atoms with Gasteiger partial charge in [-0.25, -0.2) is 0 Å². The van der Waals surface area contributed by atoms with Crippen molar-refractivity contribution in [2.45, 2.75) is 24.3 Å². The zero-order chi connectivity index (χ0) is 10.3. The first-order valence-corrected chi connectivity index (χ1v) is 5.81. The van der Waals surface area contributed by atoms with Crippen molar-refractivity contribution in [1.82, 2.24) is 0 Å². The number of benzene rings is 1. The van der Waals surface area contributed by atoms with Gasteiger partial charge in [-0.15, -0.1) is 11.8 Å². The Labute approximate surface area is 88.8 Å². The number of rotatable bonds is 1. The van der Waals surface area contributed by atoms with E-state index in [1.165, 1.54) is 4.90 Å². The van der Waals surface area contributed by atoms with Crippen molar-refractivity contribution in [3.05, 3.63) is 23.8 Å². The van der Waals surface area contributed by atoms with Crippen LogP contribution < -0.4 is 5.46 Å². The molecule has 0 saturated carbocycles. The zero-order valence-corrected chi connectivity index (χ0v) is 9.39. The van der Waals surface area contributed by atoms with Gasteiger partial charge in [0.05, 0.1) is 5.60 Å². The molecular weight excluding hydrogens is 195 g/mol. The molecule has 1 aromatic carbocycles. The molecule has 0 saturated heterocycles.